The van der Waals surface area contributed by atoms with Gasteiger partial charge in [-0.3, -0.25) is 4.79 Å². The topological polar surface area (TPSA) is 55.4 Å². The van der Waals surface area contributed by atoms with Crippen molar-refractivity contribution >= 4 is 47.0 Å². The van der Waals surface area contributed by atoms with Gasteiger partial charge in [0.15, 0.2) is 6.61 Å². The monoisotopic (exact) mass is 423 g/mol. The van der Waals surface area contributed by atoms with Gasteiger partial charge >= 0.3 is 5.97 Å². The maximum Gasteiger partial charge on any atom is 0.331 e. The van der Waals surface area contributed by atoms with Gasteiger partial charge in [0.25, 0.3) is 5.91 Å². The number of esters is 1. The third-order valence-electron chi connectivity index (χ3n) is 3.78. The molecule has 1 amide bonds. The molecule has 4 nitrogen and oxygen atoms in total. The van der Waals surface area contributed by atoms with Crippen molar-refractivity contribution in [3.8, 4) is 0 Å². The van der Waals surface area contributed by atoms with E-state index >= 15 is 0 Å². The van der Waals surface area contributed by atoms with Gasteiger partial charge < -0.3 is 10.1 Å². The van der Waals surface area contributed by atoms with Crippen LogP contribution in [0.1, 0.15) is 5.56 Å². The fourth-order valence-electron chi connectivity index (χ4n) is 2.41. The number of hydrogen-bond donors (Lipinski definition) is 1. The first kappa shape index (κ1) is 20.7. The predicted molar refractivity (Wildman–Crippen MR) is 117 cm³/mol. The molecule has 6 heteroatoms. The van der Waals surface area contributed by atoms with Crippen LogP contribution >= 0.6 is 23.4 Å². The number of para-hydroxylation sites is 1. The Morgan fingerprint density at radius 1 is 0.931 bits per heavy atom. The number of nitrogens with one attached hydrogen (secondary N) is 1. The Labute approximate surface area is 178 Å². The first-order valence-corrected chi connectivity index (χ1v) is 10.0. The zero-order chi connectivity index (χ0) is 20.5. The van der Waals surface area contributed by atoms with E-state index in [4.69, 9.17) is 16.3 Å². The Balaban J connectivity index is 1.54. The van der Waals surface area contributed by atoms with Crippen LogP contribution in [0, 0.1) is 0 Å². The molecule has 0 saturated carbocycles. The van der Waals surface area contributed by atoms with Crippen molar-refractivity contribution in [3.05, 3.63) is 95.5 Å². The highest BCUT2D eigenvalue weighted by Crippen LogP contribution is 2.33. The first-order chi connectivity index (χ1) is 14.1. The molecule has 0 aliphatic heterocycles. The van der Waals surface area contributed by atoms with Crippen LogP contribution in [0.25, 0.3) is 6.08 Å². The number of halogens is 1. The summed E-state index contributed by atoms with van der Waals surface area (Å²) < 4.78 is 5.01. The zero-order valence-electron chi connectivity index (χ0n) is 15.4. The smallest absolute Gasteiger partial charge is 0.331 e. The number of carbonyl (C=O) groups is 2. The minimum atomic E-state index is -0.619. The molecule has 0 saturated heterocycles. The van der Waals surface area contributed by atoms with Crippen molar-refractivity contribution in [2.45, 2.75) is 9.79 Å². The molecule has 146 valence electrons. The maximum atomic E-state index is 12.2. The highest BCUT2D eigenvalue weighted by molar-refractivity contribution is 7.99. The molecule has 0 aliphatic rings. The Morgan fingerprint density at radius 3 is 2.41 bits per heavy atom. The molecule has 0 radical (unpaired) electrons. The van der Waals surface area contributed by atoms with Crippen LogP contribution in [0.3, 0.4) is 0 Å². The Kier molecular flexibility index (Phi) is 7.50. The van der Waals surface area contributed by atoms with E-state index in [1.165, 1.54) is 6.08 Å². The second-order valence-corrected chi connectivity index (χ2v) is 7.44. The van der Waals surface area contributed by atoms with Crippen molar-refractivity contribution in [3.63, 3.8) is 0 Å². The van der Waals surface area contributed by atoms with Crippen molar-refractivity contribution in [2.75, 3.05) is 11.9 Å². The van der Waals surface area contributed by atoms with Crippen LogP contribution in [-0.2, 0) is 14.3 Å². The standard InChI is InChI=1S/C23H18ClNO3S/c24-19-11-5-4-8-17(19)14-15-23(27)28-16-22(26)25-20-12-6-7-13-21(20)29-18-9-2-1-3-10-18/h1-15H,16H2,(H,25,26). The van der Waals surface area contributed by atoms with Gasteiger partial charge in [-0.25, -0.2) is 4.79 Å². The van der Waals surface area contributed by atoms with E-state index in [0.717, 1.165) is 9.79 Å². The molecule has 1 N–H and O–H groups in total. The number of hydrogen-bond acceptors (Lipinski definition) is 4. The molecule has 0 aliphatic carbocycles. The van der Waals surface area contributed by atoms with Crippen molar-refractivity contribution in [1.82, 2.24) is 0 Å². The molecule has 0 atom stereocenters. The minimum Gasteiger partial charge on any atom is -0.452 e. The molecule has 29 heavy (non-hydrogen) atoms. The van der Waals surface area contributed by atoms with Crippen molar-refractivity contribution in [1.29, 1.82) is 0 Å². The number of benzene rings is 3. The van der Waals surface area contributed by atoms with Gasteiger partial charge in [0.2, 0.25) is 0 Å². The summed E-state index contributed by atoms with van der Waals surface area (Å²) in [6.45, 7) is -0.379. The SMILES string of the molecule is O=C(COC(=O)C=Cc1ccccc1Cl)Nc1ccccc1Sc1ccccc1. The molecular weight excluding hydrogens is 406 g/mol. The molecule has 0 spiro atoms. The van der Waals surface area contributed by atoms with Gasteiger partial charge in [-0.05, 0) is 42.0 Å². The molecule has 3 rings (SSSR count). The summed E-state index contributed by atoms with van der Waals surface area (Å²) in [5.74, 6) is -1.03. The first-order valence-electron chi connectivity index (χ1n) is 8.83. The average Bonchev–Trinajstić information content (AvgIpc) is 2.74. The lowest BCUT2D eigenvalue weighted by Crippen LogP contribution is -2.20. The molecule has 0 unspecified atom stereocenters. The third kappa shape index (κ3) is 6.52. The molecule has 0 heterocycles. The molecule has 0 fully saturated rings. The van der Waals surface area contributed by atoms with E-state index in [1.54, 1.807) is 36.0 Å². The van der Waals surface area contributed by atoms with Crippen LogP contribution < -0.4 is 5.32 Å². The van der Waals surface area contributed by atoms with Crippen molar-refractivity contribution < 1.29 is 14.3 Å². The van der Waals surface area contributed by atoms with Gasteiger partial charge in [0.1, 0.15) is 0 Å². The molecule has 0 bridgehead atoms. The summed E-state index contributed by atoms with van der Waals surface area (Å²) in [5.41, 5.74) is 1.36. The summed E-state index contributed by atoms with van der Waals surface area (Å²) in [6.07, 6.45) is 2.79. The lowest BCUT2D eigenvalue weighted by atomic mass is 10.2. The second kappa shape index (κ2) is 10.5. The lowest BCUT2D eigenvalue weighted by molar-refractivity contribution is -0.142. The quantitative estimate of drug-likeness (QED) is 0.392. The number of anilines is 1. The van der Waals surface area contributed by atoms with Gasteiger partial charge in [-0.1, -0.05) is 71.9 Å². The van der Waals surface area contributed by atoms with Gasteiger partial charge in [-0.2, -0.15) is 0 Å². The Bertz CT molecular complexity index is 1020. The number of amides is 1. The van der Waals surface area contributed by atoms with Crippen LogP contribution in [0.15, 0.2) is 94.7 Å². The number of ether oxygens (including phenoxy) is 1. The summed E-state index contributed by atoms with van der Waals surface area (Å²) in [7, 11) is 0. The summed E-state index contributed by atoms with van der Waals surface area (Å²) >= 11 is 7.57. The number of rotatable bonds is 7. The van der Waals surface area contributed by atoms with E-state index in [2.05, 4.69) is 5.32 Å². The fourth-order valence-corrected chi connectivity index (χ4v) is 3.54. The summed E-state index contributed by atoms with van der Waals surface area (Å²) in [6, 6.07) is 24.4. The van der Waals surface area contributed by atoms with E-state index < -0.39 is 11.9 Å². The predicted octanol–water partition coefficient (Wildman–Crippen LogP) is 5.69. The third-order valence-corrected chi connectivity index (χ3v) is 5.21. The van der Waals surface area contributed by atoms with Crippen LogP contribution in [-0.4, -0.2) is 18.5 Å². The zero-order valence-corrected chi connectivity index (χ0v) is 17.0. The molecule has 0 aromatic heterocycles. The van der Waals surface area contributed by atoms with E-state index in [9.17, 15) is 9.59 Å². The fraction of sp³-hybridized carbons (Fsp3) is 0.0435. The highest BCUT2D eigenvalue weighted by Gasteiger charge is 2.10. The molecule has 3 aromatic rings. The van der Waals surface area contributed by atoms with Gasteiger partial charge in [0, 0.05) is 20.9 Å². The number of carbonyl (C=O) groups excluding carboxylic acids is 2. The van der Waals surface area contributed by atoms with Gasteiger partial charge in [-0.15, -0.1) is 0 Å². The lowest BCUT2D eigenvalue weighted by Gasteiger charge is -2.10. The summed E-state index contributed by atoms with van der Waals surface area (Å²) in [5, 5.41) is 3.32. The summed E-state index contributed by atoms with van der Waals surface area (Å²) in [4.78, 5) is 26.0. The molecular formula is C23H18ClNO3S. The van der Waals surface area contributed by atoms with Crippen LogP contribution in [0.5, 0.6) is 0 Å². The average molecular weight is 424 g/mol. The molecule has 3 aromatic carbocycles. The van der Waals surface area contributed by atoms with E-state index in [-0.39, 0.29) is 6.61 Å². The van der Waals surface area contributed by atoms with Gasteiger partial charge in [0.05, 0.1) is 5.69 Å². The Morgan fingerprint density at radius 2 is 1.62 bits per heavy atom. The largest absolute Gasteiger partial charge is 0.452 e. The van der Waals surface area contributed by atoms with E-state index in [1.807, 2.05) is 60.7 Å². The second-order valence-electron chi connectivity index (χ2n) is 5.92. The Hall–Kier alpha value is -3.02. The minimum absolute atomic E-state index is 0.379. The van der Waals surface area contributed by atoms with Crippen LogP contribution in [0.4, 0.5) is 5.69 Å². The van der Waals surface area contributed by atoms with Crippen LogP contribution in [0.2, 0.25) is 5.02 Å². The normalized spacial score (nSPS) is 10.7. The van der Waals surface area contributed by atoms with E-state index in [0.29, 0.717) is 16.3 Å². The van der Waals surface area contributed by atoms with Crippen molar-refractivity contribution in [2.24, 2.45) is 0 Å². The maximum absolute atomic E-state index is 12.2. The highest BCUT2D eigenvalue weighted by atomic mass is 35.5.